The van der Waals surface area contributed by atoms with Crippen LogP contribution in [0.3, 0.4) is 0 Å². The van der Waals surface area contributed by atoms with Crippen LogP contribution >= 0.6 is 0 Å². The fourth-order valence-corrected chi connectivity index (χ4v) is 4.73. The van der Waals surface area contributed by atoms with Gasteiger partial charge >= 0.3 is 0 Å². The number of ketones is 1. The zero-order valence-corrected chi connectivity index (χ0v) is 11.2. The van der Waals surface area contributed by atoms with E-state index in [0.29, 0.717) is 30.3 Å². The Labute approximate surface area is 114 Å². The third kappa shape index (κ3) is 1.93. The summed E-state index contributed by atoms with van der Waals surface area (Å²) in [6, 6.07) is 0.994. The highest BCUT2D eigenvalue weighted by Gasteiger charge is 2.47. The summed E-state index contributed by atoms with van der Waals surface area (Å²) in [5.74, 6) is 1.60. The number of carbonyl (C=O) groups is 1. The summed E-state index contributed by atoms with van der Waals surface area (Å²) in [4.78, 5) is 16.6. The Morgan fingerprint density at radius 2 is 2.00 bits per heavy atom. The molecule has 4 heterocycles. The van der Waals surface area contributed by atoms with Gasteiger partial charge in [-0.05, 0) is 37.2 Å². The molecule has 4 aliphatic rings. The molecule has 0 saturated carbocycles. The first-order valence-corrected chi connectivity index (χ1v) is 7.59. The minimum absolute atomic E-state index is 0.103. The van der Waals surface area contributed by atoms with Crippen LogP contribution in [-0.2, 0) is 4.79 Å². The van der Waals surface area contributed by atoms with Crippen molar-refractivity contribution >= 4 is 5.78 Å². The molecule has 3 fully saturated rings. The lowest BCUT2D eigenvalue weighted by atomic mass is 9.71. The maximum absolute atomic E-state index is 11.6. The van der Waals surface area contributed by atoms with Crippen LogP contribution in [0.1, 0.15) is 25.7 Å². The van der Waals surface area contributed by atoms with Crippen LogP contribution in [0, 0.1) is 11.8 Å². The lowest BCUT2D eigenvalue weighted by Crippen LogP contribution is -2.63. The predicted molar refractivity (Wildman–Crippen MR) is 71.5 cm³/mol. The van der Waals surface area contributed by atoms with Crippen LogP contribution in [0.15, 0.2) is 12.3 Å². The first-order chi connectivity index (χ1) is 9.20. The summed E-state index contributed by atoms with van der Waals surface area (Å²) < 4.78 is 0. The van der Waals surface area contributed by atoms with Gasteiger partial charge in [-0.25, -0.2) is 0 Å². The van der Waals surface area contributed by atoms with Crippen LogP contribution < -0.4 is 0 Å². The van der Waals surface area contributed by atoms with E-state index >= 15 is 0 Å². The third-order valence-electron chi connectivity index (χ3n) is 5.63. The Hall–Kier alpha value is -0.870. The van der Waals surface area contributed by atoms with Gasteiger partial charge in [0.25, 0.3) is 0 Å². The first kappa shape index (κ1) is 11.9. The van der Waals surface area contributed by atoms with Gasteiger partial charge in [-0.1, -0.05) is 0 Å². The van der Waals surface area contributed by atoms with Gasteiger partial charge in [0.15, 0.2) is 5.78 Å². The molecule has 0 aromatic heterocycles. The molecule has 4 rings (SSSR count). The topological polar surface area (TPSA) is 43.8 Å². The van der Waals surface area contributed by atoms with Crippen molar-refractivity contribution < 1.29 is 9.90 Å². The normalized spacial score (nSPS) is 45.8. The van der Waals surface area contributed by atoms with E-state index < -0.39 is 0 Å². The van der Waals surface area contributed by atoms with Crippen molar-refractivity contribution in [2.24, 2.45) is 11.8 Å². The number of aliphatic hydroxyl groups is 1. The average Bonchev–Trinajstić information content (AvgIpc) is 2.41. The van der Waals surface area contributed by atoms with Crippen LogP contribution in [0.25, 0.3) is 0 Å². The number of hydrogen-bond acceptors (Lipinski definition) is 4. The average molecular weight is 262 g/mol. The molecule has 5 atom stereocenters. The molecule has 19 heavy (non-hydrogen) atoms. The second kappa shape index (κ2) is 4.32. The minimum Gasteiger partial charge on any atom is -0.393 e. The maximum atomic E-state index is 11.6. The van der Waals surface area contributed by atoms with Gasteiger partial charge in [-0.2, -0.15) is 0 Å². The molecule has 4 aliphatic heterocycles. The second-order valence-corrected chi connectivity index (χ2v) is 6.75. The van der Waals surface area contributed by atoms with Crippen molar-refractivity contribution in [3.8, 4) is 0 Å². The number of aliphatic hydroxyl groups excluding tert-OH is 1. The number of hydrogen-bond donors (Lipinski definition) is 1. The van der Waals surface area contributed by atoms with Crippen LogP contribution in [-0.4, -0.2) is 58.5 Å². The van der Waals surface area contributed by atoms with Crippen LogP contribution in [0.5, 0.6) is 0 Å². The van der Waals surface area contributed by atoms with E-state index in [2.05, 4.69) is 9.80 Å². The number of rotatable bonds is 0. The van der Waals surface area contributed by atoms with E-state index in [-0.39, 0.29) is 11.9 Å². The molecule has 0 aromatic rings. The molecule has 0 spiro atoms. The SMILES string of the molecule is O=C1C=CN2C[C@@H]3C[C@@H](CN4CC[C@@H](O)C[C@@H]34)[C@H]2C1. The van der Waals surface area contributed by atoms with E-state index in [4.69, 9.17) is 0 Å². The summed E-state index contributed by atoms with van der Waals surface area (Å²) in [5.41, 5.74) is 0. The third-order valence-corrected chi connectivity index (χ3v) is 5.63. The predicted octanol–water partition coefficient (Wildman–Crippen LogP) is 0.618. The van der Waals surface area contributed by atoms with Gasteiger partial charge < -0.3 is 10.0 Å². The lowest BCUT2D eigenvalue weighted by Gasteiger charge is -2.56. The van der Waals surface area contributed by atoms with Crippen molar-refractivity contribution in [2.75, 3.05) is 19.6 Å². The Balaban J connectivity index is 1.59. The molecule has 0 unspecified atom stereocenters. The lowest BCUT2D eigenvalue weighted by molar-refractivity contribution is -0.120. The molecular weight excluding hydrogens is 240 g/mol. The standard InChI is InChI=1S/C15H22N2O2/c18-12-1-3-16-8-10-5-11(14(16)6-12)9-17-4-2-13(19)7-15(10)17/h1,3,10-11,13-15,19H,2,4-9H2/t10-,11-,13+,14+,15-/m0/s1. The number of carbonyl (C=O) groups excluding carboxylic acids is 1. The van der Waals surface area contributed by atoms with E-state index in [9.17, 15) is 9.90 Å². The molecule has 4 nitrogen and oxygen atoms in total. The highest BCUT2D eigenvalue weighted by atomic mass is 16.3. The number of nitrogens with zero attached hydrogens (tertiary/aromatic N) is 2. The molecule has 0 aromatic carbocycles. The van der Waals surface area contributed by atoms with Gasteiger partial charge in [0.05, 0.1) is 6.10 Å². The second-order valence-electron chi connectivity index (χ2n) is 6.75. The fourth-order valence-electron chi connectivity index (χ4n) is 4.73. The Bertz CT molecular complexity index is 422. The monoisotopic (exact) mass is 262 g/mol. The van der Waals surface area contributed by atoms with Crippen molar-refractivity contribution in [1.82, 2.24) is 9.80 Å². The number of allylic oxidation sites excluding steroid dienone is 1. The van der Waals surface area contributed by atoms with Gasteiger partial charge in [-0.3, -0.25) is 9.69 Å². The van der Waals surface area contributed by atoms with E-state index in [1.165, 1.54) is 6.42 Å². The smallest absolute Gasteiger partial charge is 0.159 e. The molecule has 3 saturated heterocycles. The molecule has 1 N–H and O–H groups in total. The fraction of sp³-hybridized carbons (Fsp3) is 0.800. The van der Waals surface area contributed by atoms with Gasteiger partial charge in [0.2, 0.25) is 0 Å². The van der Waals surface area contributed by atoms with Crippen molar-refractivity contribution in [1.29, 1.82) is 0 Å². The van der Waals surface area contributed by atoms with Gasteiger partial charge in [0.1, 0.15) is 0 Å². The molecule has 0 amide bonds. The van der Waals surface area contributed by atoms with Crippen molar-refractivity contribution in [3.63, 3.8) is 0 Å². The van der Waals surface area contributed by atoms with E-state index in [1.54, 1.807) is 6.08 Å². The van der Waals surface area contributed by atoms with Crippen molar-refractivity contribution in [3.05, 3.63) is 12.3 Å². The molecule has 4 heteroatoms. The zero-order chi connectivity index (χ0) is 13.0. The summed E-state index contributed by atoms with van der Waals surface area (Å²) in [6.45, 7) is 3.23. The van der Waals surface area contributed by atoms with E-state index in [0.717, 1.165) is 32.5 Å². The highest BCUT2D eigenvalue weighted by Crippen LogP contribution is 2.42. The molecule has 104 valence electrons. The molecule has 0 radical (unpaired) electrons. The zero-order valence-electron chi connectivity index (χ0n) is 11.2. The van der Waals surface area contributed by atoms with Crippen LogP contribution in [0.2, 0.25) is 0 Å². The Morgan fingerprint density at radius 1 is 1.16 bits per heavy atom. The molecule has 0 aliphatic carbocycles. The summed E-state index contributed by atoms with van der Waals surface area (Å²) in [7, 11) is 0. The quantitative estimate of drug-likeness (QED) is 0.695. The summed E-state index contributed by atoms with van der Waals surface area (Å²) >= 11 is 0. The summed E-state index contributed by atoms with van der Waals surface area (Å²) in [5, 5.41) is 9.91. The molecular formula is C15H22N2O2. The highest BCUT2D eigenvalue weighted by molar-refractivity contribution is 5.90. The molecule has 2 bridgehead atoms. The minimum atomic E-state index is -0.103. The van der Waals surface area contributed by atoms with Gasteiger partial charge in [-0.15, -0.1) is 0 Å². The summed E-state index contributed by atoms with van der Waals surface area (Å²) in [6.07, 6.45) is 7.47. The Kier molecular flexibility index (Phi) is 2.71. The number of fused-ring (bicyclic) bond motifs is 6. The largest absolute Gasteiger partial charge is 0.393 e. The maximum Gasteiger partial charge on any atom is 0.159 e. The van der Waals surface area contributed by atoms with E-state index in [1.807, 2.05) is 6.20 Å². The van der Waals surface area contributed by atoms with Gasteiger partial charge in [0, 0.05) is 44.3 Å². The van der Waals surface area contributed by atoms with Crippen LogP contribution in [0.4, 0.5) is 0 Å². The Morgan fingerprint density at radius 3 is 2.89 bits per heavy atom. The first-order valence-electron chi connectivity index (χ1n) is 7.59. The number of piperidine rings is 3. The van der Waals surface area contributed by atoms with Crippen molar-refractivity contribution in [2.45, 2.75) is 43.9 Å².